The van der Waals surface area contributed by atoms with Crippen molar-refractivity contribution in [2.45, 2.75) is 33.2 Å². The van der Waals surface area contributed by atoms with Crippen LogP contribution in [-0.4, -0.2) is 21.6 Å². The van der Waals surface area contributed by atoms with Crippen molar-refractivity contribution in [1.29, 1.82) is 0 Å². The number of hydrazine groups is 1. The highest BCUT2D eigenvalue weighted by molar-refractivity contribution is 6.31. The van der Waals surface area contributed by atoms with Crippen LogP contribution < -0.4 is 10.9 Å². The summed E-state index contributed by atoms with van der Waals surface area (Å²) in [6, 6.07) is 3.07. The molecule has 24 heavy (non-hydrogen) atoms. The number of nitrogens with zero attached hydrogens (tertiary/aromatic N) is 2. The predicted molar refractivity (Wildman–Crippen MR) is 90.2 cm³/mol. The second-order valence-electron chi connectivity index (χ2n) is 5.12. The summed E-state index contributed by atoms with van der Waals surface area (Å²) in [5.74, 6) is -0.926. The van der Waals surface area contributed by atoms with E-state index >= 15 is 0 Å². The van der Waals surface area contributed by atoms with Gasteiger partial charge in [-0.05, 0) is 31.6 Å². The van der Waals surface area contributed by atoms with E-state index in [4.69, 9.17) is 16.0 Å². The van der Waals surface area contributed by atoms with Crippen LogP contribution in [0, 0.1) is 6.92 Å². The first-order valence-electron chi connectivity index (χ1n) is 7.57. The van der Waals surface area contributed by atoms with E-state index in [2.05, 4.69) is 22.9 Å². The van der Waals surface area contributed by atoms with Crippen molar-refractivity contribution in [3.05, 3.63) is 46.6 Å². The quantitative estimate of drug-likeness (QED) is 0.619. The third-order valence-corrected chi connectivity index (χ3v) is 3.68. The number of aromatic nitrogens is 2. The van der Waals surface area contributed by atoms with Gasteiger partial charge in [-0.1, -0.05) is 24.9 Å². The van der Waals surface area contributed by atoms with Crippen molar-refractivity contribution < 1.29 is 14.0 Å². The number of rotatable bonds is 6. The molecule has 2 rings (SSSR count). The second-order valence-corrected chi connectivity index (χ2v) is 5.48. The first-order chi connectivity index (χ1) is 11.5. The zero-order valence-electron chi connectivity index (χ0n) is 13.5. The van der Waals surface area contributed by atoms with Crippen molar-refractivity contribution in [1.82, 2.24) is 20.6 Å². The lowest BCUT2D eigenvalue weighted by atomic mass is 10.2. The van der Waals surface area contributed by atoms with Gasteiger partial charge in [-0.15, -0.1) is 0 Å². The fourth-order valence-corrected chi connectivity index (χ4v) is 2.32. The third kappa shape index (κ3) is 4.48. The summed E-state index contributed by atoms with van der Waals surface area (Å²) in [5.41, 5.74) is 5.93. The molecular formula is C16H19ClN4O3. The summed E-state index contributed by atoms with van der Waals surface area (Å²) in [7, 11) is 0. The molecule has 2 aromatic rings. The van der Waals surface area contributed by atoms with E-state index in [1.54, 1.807) is 16.8 Å². The van der Waals surface area contributed by atoms with E-state index < -0.39 is 11.8 Å². The predicted octanol–water partition coefficient (Wildman–Crippen LogP) is 2.71. The van der Waals surface area contributed by atoms with Gasteiger partial charge in [0.1, 0.15) is 5.15 Å². The summed E-state index contributed by atoms with van der Waals surface area (Å²) < 4.78 is 6.63. The molecule has 0 radical (unpaired) electrons. The number of hydrogen-bond acceptors (Lipinski definition) is 4. The molecule has 7 nitrogen and oxygen atoms in total. The lowest BCUT2D eigenvalue weighted by Gasteiger charge is -2.02. The molecule has 0 aliphatic rings. The Morgan fingerprint density at radius 1 is 1.42 bits per heavy atom. The summed E-state index contributed by atoms with van der Waals surface area (Å²) in [4.78, 5) is 23.4. The maximum absolute atomic E-state index is 11.8. The number of halogens is 1. The van der Waals surface area contributed by atoms with Crippen molar-refractivity contribution in [3.63, 3.8) is 0 Å². The van der Waals surface area contributed by atoms with Crippen LogP contribution in [0.2, 0.25) is 5.15 Å². The Balaban J connectivity index is 1.94. The zero-order valence-corrected chi connectivity index (χ0v) is 14.3. The Bertz CT molecular complexity index is 735. The molecule has 0 aliphatic carbocycles. The lowest BCUT2D eigenvalue weighted by Crippen LogP contribution is -2.40. The van der Waals surface area contributed by atoms with Crippen molar-refractivity contribution in [2.75, 3.05) is 0 Å². The Labute approximate surface area is 144 Å². The highest BCUT2D eigenvalue weighted by Gasteiger charge is 2.11. The second kappa shape index (κ2) is 8.35. The molecule has 2 aromatic heterocycles. The first kappa shape index (κ1) is 17.8. The normalized spacial score (nSPS) is 11.0. The van der Waals surface area contributed by atoms with Gasteiger partial charge in [0.25, 0.3) is 5.91 Å². The van der Waals surface area contributed by atoms with Crippen LogP contribution in [0.3, 0.4) is 0 Å². The minimum atomic E-state index is -0.539. The van der Waals surface area contributed by atoms with Gasteiger partial charge in [0.15, 0.2) is 5.76 Å². The molecule has 2 amide bonds. The molecule has 0 aliphatic heterocycles. The molecule has 0 atom stereocenters. The number of carbonyl (C=O) groups is 2. The summed E-state index contributed by atoms with van der Waals surface area (Å²) >= 11 is 6.28. The van der Waals surface area contributed by atoms with Gasteiger partial charge >= 0.3 is 5.91 Å². The number of furan rings is 1. The van der Waals surface area contributed by atoms with E-state index in [1.165, 1.54) is 18.4 Å². The van der Waals surface area contributed by atoms with Gasteiger partial charge in [-0.3, -0.25) is 25.1 Å². The SMILES string of the molecule is CCCCn1nc(C)c(/C=C/C(=O)NNC(=O)c2ccco2)c1Cl. The smallest absolute Gasteiger partial charge is 0.305 e. The van der Waals surface area contributed by atoms with E-state index in [9.17, 15) is 9.59 Å². The Kier molecular flexibility index (Phi) is 6.20. The molecule has 0 saturated heterocycles. The monoisotopic (exact) mass is 350 g/mol. The van der Waals surface area contributed by atoms with Gasteiger partial charge in [-0.25, -0.2) is 0 Å². The molecular weight excluding hydrogens is 332 g/mol. The highest BCUT2D eigenvalue weighted by Crippen LogP contribution is 2.21. The molecule has 128 valence electrons. The summed E-state index contributed by atoms with van der Waals surface area (Å²) in [6.45, 7) is 4.65. The molecule has 0 saturated carbocycles. The van der Waals surface area contributed by atoms with Crippen LogP contribution in [-0.2, 0) is 11.3 Å². The van der Waals surface area contributed by atoms with Crippen LogP contribution in [0.25, 0.3) is 6.08 Å². The van der Waals surface area contributed by atoms with Crippen molar-refractivity contribution >= 4 is 29.5 Å². The molecule has 2 heterocycles. The largest absolute Gasteiger partial charge is 0.459 e. The van der Waals surface area contributed by atoms with Crippen LogP contribution in [0.5, 0.6) is 0 Å². The van der Waals surface area contributed by atoms with Crippen LogP contribution in [0.4, 0.5) is 0 Å². The molecule has 0 aromatic carbocycles. The van der Waals surface area contributed by atoms with Gasteiger partial charge < -0.3 is 4.42 Å². The minimum absolute atomic E-state index is 0.107. The number of carbonyl (C=O) groups excluding carboxylic acids is 2. The molecule has 8 heteroatoms. The number of amides is 2. The topological polar surface area (TPSA) is 89.2 Å². The fourth-order valence-electron chi connectivity index (χ4n) is 2.00. The van der Waals surface area contributed by atoms with Crippen molar-refractivity contribution in [2.24, 2.45) is 0 Å². The van der Waals surface area contributed by atoms with E-state index in [1.807, 2.05) is 6.92 Å². The number of hydrogen-bond donors (Lipinski definition) is 2. The standard InChI is InChI=1S/C16H19ClN4O3/c1-3-4-9-21-15(17)12(11(2)20-21)7-8-14(22)18-19-16(23)13-6-5-10-24-13/h5-8,10H,3-4,9H2,1-2H3,(H,18,22)(H,19,23)/b8-7+. The summed E-state index contributed by atoms with van der Waals surface area (Å²) in [6.07, 6.45) is 6.24. The van der Waals surface area contributed by atoms with E-state index in [-0.39, 0.29) is 5.76 Å². The van der Waals surface area contributed by atoms with Crippen molar-refractivity contribution in [3.8, 4) is 0 Å². The molecule has 0 unspecified atom stereocenters. The average Bonchev–Trinajstić information content (AvgIpc) is 3.18. The lowest BCUT2D eigenvalue weighted by molar-refractivity contribution is -0.117. The van der Waals surface area contributed by atoms with E-state index in [0.717, 1.165) is 25.1 Å². The third-order valence-electron chi connectivity index (χ3n) is 3.28. The Morgan fingerprint density at radius 3 is 2.88 bits per heavy atom. The maximum atomic E-state index is 11.8. The first-order valence-corrected chi connectivity index (χ1v) is 7.95. The number of unbranched alkanes of at least 4 members (excludes halogenated alkanes) is 1. The van der Waals surface area contributed by atoms with Gasteiger partial charge in [-0.2, -0.15) is 5.10 Å². The maximum Gasteiger partial charge on any atom is 0.305 e. The average molecular weight is 351 g/mol. The zero-order chi connectivity index (χ0) is 17.5. The minimum Gasteiger partial charge on any atom is -0.459 e. The van der Waals surface area contributed by atoms with Gasteiger partial charge in [0, 0.05) is 18.2 Å². The van der Waals surface area contributed by atoms with Crippen LogP contribution in [0.15, 0.2) is 28.9 Å². The Hall–Kier alpha value is -2.54. The molecule has 2 N–H and O–H groups in total. The number of aryl methyl sites for hydroxylation is 2. The molecule has 0 fully saturated rings. The molecule has 0 spiro atoms. The van der Waals surface area contributed by atoms with Gasteiger partial charge in [0.05, 0.1) is 12.0 Å². The highest BCUT2D eigenvalue weighted by atomic mass is 35.5. The number of nitrogens with one attached hydrogen (secondary N) is 2. The Morgan fingerprint density at radius 2 is 2.21 bits per heavy atom. The fraction of sp³-hybridized carbons (Fsp3) is 0.312. The summed E-state index contributed by atoms with van der Waals surface area (Å²) in [5, 5.41) is 4.84. The van der Waals surface area contributed by atoms with Gasteiger partial charge in [0.2, 0.25) is 0 Å². The van der Waals surface area contributed by atoms with Crippen LogP contribution in [0.1, 0.15) is 41.6 Å². The van der Waals surface area contributed by atoms with E-state index in [0.29, 0.717) is 10.7 Å². The molecule has 0 bridgehead atoms. The van der Waals surface area contributed by atoms with Crippen LogP contribution >= 0.6 is 11.6 Å².